The van der Waals surface area contributed by atoms with Crippen molar-refractivity contribution in [2.24, 2.45) is 0 Å². The van der Waals surface area contributed by atoms with Gasteiger partial charge in [0, 0.05) is 48.2 Å². The van der Waals surface area contributed by atoms with Crippen molar-refractivity contribution in [2.75, 3.05) is 37.7 Å². The van der Waals surface area contributed by atoms with Gasteiger partial charge in [-0.05, 0) is 24.6 Å². The quantitative estimate of drug-likeness (QED) is 0.893. The van der Waals surface area contributed by atoms with Gasteiger partial charge in [0.05, 0.1) is 0 Å². The molecule has 0 radical (unpaired) electrons. The van der Waals surface area contributed by atoms with E-state index in [1.54, 1.807) is 0 Å². The van der Waals surface area contributed by atoms with Gasteiger partial charge in [0.1, 0.15) is 0 Å². The van der Waals surface area contributed by atoms with Gasteiger partial charge in [-0.25, -0.2) is 0 Å². The molecule has 0 saturated carbocycles. The normalized spacial score (nSPS) is 18.8. The first kappa shape index (κ1) is 14.4. The molecule has 100 valence electrons. The van der Waals surface area contributed by atoms with Crippen molar-refractivity contribution in [2.45, 2.75) is 13.0 Å². The minimum Gasteiger partial charge on any atom is -0.309 e. The Morgan fingerprint density at radius 2 is 1.94 bits per heavy atom. The predicted molar refractivity (Wildman–Crippen MR) is 84.3 cm³/mol. The third kappa shape index (κ3) is 4.57. The van der Waals surface area contributed by atoms with Crippen molar-refractivity contribution >= 4 is 27.7 Å². The Kier molecular flexibility index (Phi) is 6.02. The first-order valence-electron chi connectivity index (χ1n) is 6.54. The number of hydrogen-bond acceptors (Lipinski definition) is 3. The van der Waals surface area contributed by atoms with Crippen LogP contribution < -0.4 is 5.32 Å². The number of hydrogen-bond donors (Lipinski definition) is 1. The summed E-state index contributed by atoms with van der Waals surface area (Å²) in [7, 11) is 0. The van der Waals surface area contributed by atoms with Crippen molar-refractivity contribution in [1.29, 1.82) is 0 Å². The van der Waals surface area contributed by atoms with Crippen LogP contribution in [0.1, 0.15) is 18.5 Å². The van der Waals surface area contributed by atoms with Gasteiger partial charge >= 0.3 is 0 Å². The summed E-state index contributed by atoms with van der Waals surface area (Å²) in [5.74, 6) is 2.59. The molecule has 0 bridgehead atoms. The summed E-state index contributed by atoms with van der Waals surface area (Å²) in [4.78, 5) is 2.55. The molecule has 1 heterocycles. The van der Waals surface area contributed by atoms with Crippen LogP contribution in [0.3, 0.4) is 0 Å². The van der Waals surface area contributed by atoms with Crippen LogP contribution in [0.5, 0.6) is 0 Å². The minimum absolute atomic E-state index is 0.428. The molecule has 1 aromatic rings. The maximum atomic E-state index is 3.60. The Morgan fingerprint density at radius 3 is 2.61 bits per heavy atom. The lowest BCUT2D eigenvalue weighted by Crippen LogP contribution is -2.38. The van der Waals surface area contributed by atoms with Crippen molar-refractivity contribution in [1.82, 2.24) is 10.2 Å². The largest absolute Gasteiger partial charge is 0.309 e. The smallest absolute Gasteiger partial charge is 0.0292 e. The molecule has 1 unspecified atom stereocenters. The molecule has 1 fully saturated rings. The summed E-state index contributed by atoms with van der Waals surface area (Å²) in [6.07, 6.45) is 0. The molecule has 1 aromatic carbocycles. The molecule has 1 N–H and O–H groups in total. The molecule has 2 nitrogen and oxygen atoms in total. The highest BCUT2D eigenvalue weighted by Crippen LogP contribution is 2.16. The molecule has 1 atom stereocenters. The summed E-state index contributed by atoms with van der Waals surface area (Å²) >= 11 is 5.54. The first-order chi connectivity index (χ1) is 8.75. The Bertz CT molecular complexity index is 349. The van der Waals surface area contributed by atoms with Gasteiger partial charge < -0.3 is 10.2 Å². The van der Waals surface area contributed by atoms with Crippen molar-refractivity contribution in [3.63, 3.8) is 0 Å². The van der Waals surface area contributed by atoms with E-state index in [4.69, 9.17) is 0 Å². The Labute approximate surface area is 123 Å². The number of halogens is 1. The van der Waals surface area contributed by atoms with E-state index in [-0.39, 0.29) is 0 Å². The molecule has 2 rings (SSSR count). The zero-order valence-corrected chi connectivity index (χ0v) is 13.3. The van der Waals surface area contributed by atoms with E-state index in [2.05, 4.69) is 69.1 Å². The molecular weight excluding hydrogens is 308 g/mol. The van der Waals surface area contributed by atoms with Crippen molar-refractivity contribution < 1.29 is 0 Å². The zero-order valence-electron chi connectivity index (χ0n) is 10.9. The van der Waals surface area contributed by atoms with Crippen molar-refractivity contribution in [3.05, 3.63) is 34.3 Å². The van der Waals surface area contributed by atoms with E-state index < -0.39 is 0 Å². The van der Waals surface area contributed by atoms with Gasteiger partial charge in [0.2, 0.25) is 0 Å². The molecule has 0 aromatic heterocycles. The second kappa shape index (κ2) is 7.53. The van der Waals surface area contributed by atoms with Crippen LogP contribution in [0.15, 0.2) is 28.7 Å². The molecule has 0 aliphatic carbocycles. The molecule has 4 heteroatoms. The number of rotatable bonds is 5. The maximum absolute atomic E-state index is 3.60. The monoisotopic (exact) mass is 328 g/mol. The average Bonchev–Trinajstić information content (AvgIpc) is 2.40. The van der Waals surface area contributed by atoms with E-state index >= 15 is 0 Å². The van der Waals surface area contributed by atoms with E-state index in [0.29, 0.717) is 6.04 Å². The lowest BCUT2D eigenvalue weighted by atomic mass is 10.1. The van der Waals surface area contributed by atoms with Crippen LogP contribution in [-0.2, 0) is 0 Å². The summed E-state index contributed by atoms with van der Waals surface area (Å²) in [6, 6.07) is 9.00. The van der Waals surface area contributed by atoms with Crippen LogP contribution >= 0.6 is 27.7 Å². The maximum Gasteiger partial charge on any atom is 0.0292 e. The number of nitrogens with zero attached hydrogens (tertiary/aromatic N) is 1. The van der Waals surface area contributed by atoms with Crippen LogP contribution in [0, 0.1) is 0 Å². The third-order valence-corrected chi connectivity index (χ3v) is 4.82. The topological polar surface area (TPSA) is 15.3 Å². The second-order valence-electron chi connectivity index (χ2n) is 4.68. The zero-order chi connectivity index (χ0) is 12.8. The van der Waals surface area contributed by atoms with Gasteiger partial charge in [0.15, 0.2) is 0 Å². The number of thioether (sulfide) groups is 1. The molecule has 1 aliphatic heterocycles. The lowest BCUT2D eigenvalue weighted by molar-refractivity contribution is 0.297. The van der Waals surface area contributed by atoms with Gasteiger partial charge in [-0.15, -0.1) is 0 Å². The molecule has 0 amide bonds. The lowest BCUT2D eigenvalue weighted by Gasteiger charge is -2.26. The molecule has 1 aliphatic rings. The van der Waals surface area contributed by atoms with Gasteiger partial charge in [0.25, 0.3) is 0 Å². The summed E-state index contributed by atoms with van der Waals surface area (Å²) in [6.45, 7) is 6.97. The Hall–Kier alpha value is -0.0300. The van der Waals surface area contributed by atoms with Crippen LogP contribution in [0.25, 0.3) is 0 Å². The van der Waals surface area contributed by atoms with E-state index in [9.17, 15) is 0 Å². The fourth-order valence-corrected chi connectivity index (χ4v) is 3.38. The Balaban J connectivity index is 1.70. The van der Waals surface area contributed by atoms with Gasteiger partial charge in [-0.1, -0.05) is 28.1 Å². The fourth-order valence-electron chi connectivity index (χ4n) is 2.13. The van der Waals surface area contributed by atoms with Crippen LogP contribution in [0.2, 0.25) is 0 Å². The molecular formula is C14H21BrN2S. The molecule has 0 spiro atoms. The van der Waals surface area contributed by atoms with Crippen molar-refractivity contribution in [3.8, 4) is 0 Å². The first-order valence-corrected chi connectivity index (χ1v) is 8.49. The SMILES string of the molecule is CC(NCCN1CCSCC1)c1ccc(Br)cc1. The summed E-state index contributed by atoms with van der Waals surface area (Å²) < 4.78 is 1.14. The highest BCUT2D eigenvalue weighted by molar-refractivity contribution is 9.10. The van der Waals surface area contributed by atoms with E-state index in [0.717, 1.165) is 11.0 Å². The predicted octanol–water partition coefficient (Wildman–Crippen LogP) is 3.15. The number of benzene rings is 1. The van der Waals surface area contributed by atoms with Crippen LogP contribution in [0.4, 0.5) is 0 Å². The fraction of sp³-hybridized carbons (Fsp3) is 0.571. The van der Waals surface area contributed by atoms with Gasteiger partial charge in [-0.3, -0.25) is 0 Å². The van der Waals surface area contributed by atoms with Crippen LogP contribution in [-0.4, -0.2) is 42.6 Å². The van der Waals surface area contributed by atoms with E-state index in [1.165, 1.54) is 36.7 Å². The number of nitrogens with one attached hydrogen (secondary N) is 1. The minimum atomic E-state index is 0.428. The molecule has 18 heavy (non-hydrogen) atoms. The summed E-state index contributed by atoms with van der Waals surface area (Å²) in [5, 5.41) is 3.60. The molecule has 1 saturated heterocycles. The van der Waals surface area contributed by atoms with Gasteiger partial charge in [-0.2, -0.15) is 11.8 Å². The van der Waals surface area contributed by atoms with E-state index in [1.807, 2.05) is 0 Å². The Morgan fingerprint density at radius 1 is 1.28 bits per heavy atom. The third-order valence-electron chi connectivity index (χ3n) is 3.35. The summed E-state index contributed by atoms with van der Waals surface area (Å²) in [5.41, 5.74) is 1.35. The standard InChI is InChI=1S/C14H21BrN2S/c1-12(13-2-4-14(15)5-3-13)16-6-7-17-8-10-18-11-9-17/h2-5,12,16H,6-11H2,1H3. The highest BCUT2D eigenvalue weighted by atomic mass is 79.9. The second-order valence-corrected chi connectivity index (χ2v) is 6.82. The highest BCUT2D eigenvalue weighted by Gasteiger charge is 2.10. The average molecular weight is 329 g/mol.